The lowest BCUT2D eigenvalue weighted by Crippen LogP contribution is -2.21. The highest BCUT2D eigenvalue weighted by molar-refractivity contribution is 9.10. The smallest absolute Gasteiger partial charge is 0.222 e. The molecule has 0 bridgehead atoms. The first-order valence-corrected chi connectivity index (χ1v) is 7.68. The molecule has 0 spiro atoms. The summed E-state index contributed by atoms with van der Waals surface area (Å²) in [6.07, 6.45) is 3.15. The number of pyridine rings is 1. The van der Waals surface area contributed by atoms with Gasteiger partial charge in [0.15, 0.2) is 10.8 Å². The molecule has 0 fully saturated rings. The summed E-state index contributed by atoms with van der Waals surface area (Å²) in [6, 6.07) is 1.95. The summed E-state index contributed by atoms with van der Waals surface area (Å²) in [7, 11) is 3.55. The SMILES string of the molecule is CN(C)C(=O)CCCSc1nc2ncc(Br)cc2[nH]1. The molecule has 5 nitrogen and oxygen atoms in total. The minimum Gasteiger partial charge on any atom is -0.349 e. The molecule has 1 amide bonds. The average Bonchev–Trinajstić information content (AvgIpc) is 2.75. The van der Waals surface area contributed by atoms with E-state index in [-0.39, 0.29) is 5.91 Å². The predicted octanol–water partition coefficient (Wildman–Crippen LogP) is 2.68. The maximum absolute atomic E-state index is 11.4. The van der Waals surface area contributed by atoms with Gasteiger partial charge >= 0.3 is 0 Å². The van der Waals surface area contributed by atoms with Crippen molar-refractivity contribution >= 4 is 44.8 Å². The molecule has 0 unspecified atom stereocenters. The van der Waals surface area contributed by atoms with Gasteiger partial charge in [-0.3, -0.25) is 4.79 Å². The molecule has 0 aromatic carbocycles. The van der Waals surface area contributed by atoms with Crippen molar-refractivity contribution in [3.63, 3.8) is 0 Å². The van der Waals surface area contributed by atoms with Crippen molar-refractivity contribution < 1.29 is 4.79 Å². The Bertz CT molecular complexity index is 584. The number of hydrogen-bond donors (Lipinski definition) is 1. The van der Waals surface area contributed by atoms with Gasteiger partial charge in [0.2, 0.25) is 5.91 Å². The predicted molar refractivity (Wildman–Crippen MR) is 80.2 cm³/mol. The van der Waals surface area contributed by atoms with E-state index in [1.54, 1.807) is 37.0 Å². The molecule has 2 aromatic rings. The monoisotopic (exact) mass is 342 g/mol. The lowest BCUT2D eigenvalue weighted by molar-refractivity contribution is -0.128. The van der Waals surface area contributed by atoms with Gasteiger partial charge in [0.25, 0.3) is 0 Å². The summed E-state index contributed by atoms with van der Waals surface area (Å²) >= 11 is 4.99. The van der Waals surface area contributed by atoms with Gasteiger partial charge in [0.1, 0.15) is 0 Å². The van der Waals surface area contributed by atoms with E-state index in [2.05, 4.69) is 30.9 Å². The van der Waals surface area contributed by atoms with Crippen molar-refractivity contribution in [1.82, 2.24) is 19.9 Å². The van der Waals surface area contributed by atoms with Crippen molar-refractivity contribution in [2.75, 3.05) is 19.8 Å². The number of thioether (sulfide) groups is 1. The molecule has 0 aliphatic rings. The van der Waals surface area contributed by atoms with Gasteiger partial charge in [-0.1, -0.05) is 11.8 Å². The number of imidazole rings is 1. The molecule has 0 atom stereocenters. The van der Waals surface area contributed by atoms with Crippen molar-refractivity contribution in [3.05, 3.63) is 16.7 Å². The fourth-order valence-electron chi connectivity index (χ4n) is 1.54. The Balaban J connectivity index is 1.86. The van der Waals surface area contributed by atoms with Gasteiger partial charge in [0.05, 0.1) is 5.52 Å². The summed E-state index contributed by atoms with van der Waals surface area (Å²) in [5.74, 6) is 1.02. The Morgan fingerprint density at radius 1 is 1.53 bits per heavy atom. The van der Waals surface area contributed by atoms with Gasteiger partial charge < -0.3 is 9.88 Å². The first-order valence-electron chi connectivity index (χ1n) is 5.90. The average molecular weight is 343 g/mol. The number of H-pyrrole nitrogens is 1. The highest BCUT2D eigenvalue weighted by Gasteiger charge is 2.06. The summed E-state index contributed by atoms with van der Waals surface area (Å²) < 4.78 is 0.928. The van der Waals surface area contributed by atoms with Gasteiger partial charge in [0, 0.05) is 36.9 Å². The molecule has 2 heterocycles. The van der Waals surface area contributed by atoms with Crippen LogP contribution in [0.4, 0.5) is 0 Å². The zero-order valence-electron chi connectivity index (χ0n) is 10.8. The van der Waals surface area contributed by atoms with Gasteiger partial charge in [-0.25, -0.2) is 9.97 Å². The molecule has 7 heteroatoms. The summed E-state index contributed by atoms with van der Waals surface area (Å²) in [6.45, 7) is 0. The number of aromatic nitrogens is 3. The van der Waals surface area contributed by atoms with Crippen molar-refractivity contribution in [3.8, 4) is 0 Å². The topological polar surface area (TPSA) is 61.9 Å². The number of nitrogens with zero attached hydrogens (tertiary/aromatic N) is 3. The molecule has 0 aliphatic heterocycles. The Morgan fingerprint density at radius 2 is 2.32 bits per heavy atom. The third-order valence-electron chi connectivity index (χ3n) is 2.55. The highest BCUT2D eigenvalue weighted by Crippen LogP contribution is 2.21. The third-order valence-corrected chi connectivity index (χ3v) is 3.95. The van der Waals surface area contributed by atoms with Gasteiger partial charge in [-0.15, -0.1) is 0 Å². The highest BCUT2D eigenvalue weighted by atomic mass is 79.9. The standard InChI is InChI=1S/C12H15BrN4OS/c1-17(2)10(18)4-3-5-19-12-15-9-6-8(13)7-14-11(9)16-12/h6-7H,3-5H2,1-2H3,(H,14,15,16). The number of fused-ring (bicyclic) bond motifs is 1. The maximum Gasteiger partial charge on any atom is 0.222 e. The van der Waals surface area contributed by atoms with E-state index in [0.29, 0.717) is 6.42 Å². The normalized spacial score (nSPS) is 10.9. The van der Waals surface area contributed by atoms with E-state index in [9.17, 15) is 4.79 Å². The lowest BCUT2D eigenvalue weighted by atomic mass is 10.3. The number of carbonyl (C=O) groups is 1. The minimum absolute atomic E-state index is 0.163. The zero-order valence-corrected chi connectivity index (χ0v) is 13.2. The quantitative estimate of drug-likeness (QED) is 0.670. The number of aromatic amines is 1. The number of nitrogens with one attached hydrogen (secondary N) is 1. The molecule has 0 aliphatic carbocycles. The molecule has 19 heavy (non-hydrogen) atoms. The number of hydrogen-bond acceptors (Lipinski definition) is 4. The fourth-order valence-corrected chi connectivity index (χ4v) is 2.68. The third kappa shape index (κ3) is 3.94. The maximum atomic E-state index is 11.4. The van der Waals surface area contributed by atoms with Crippen LogP contribution >= 0.6 is 27.7 Å². The van der Waals surface area contributed by atoms with E-state index in [0.717, 1.165) is 33.0 Å². The van der Waals surface area contributed by atoms with Crippen LogP contribution in [0.25, 0.3) is 11.2 Å². The fraction of sp³-hybridized carbons (Fsp3) is 0.417. The molecule has 102 valence electrons. The minimum atomic E-state index is 0.163. The molecule has 0 radical (unpaired) electrons. The van der Waals surface area contributed by atoms with Crippen LogP contribution in [0.3, 0.4) is 0 Å². The number of halogens is 1. The number of carbonyl (C=O) groups excluding carboxylic acids is 1. The van der Waals surface area contributed by atoms with Gasteiger partial charge in [-0.2, -0.15) is 0 Å². The second kappa shape index (κ2) is 6.38. The Kier molecular flexibility index (Phi) is 4.81. The van der Waals surface area contributed by atoms with Crippen LogP contribution in [-0.2, 0) is 4.79 Å². The first-order chi connectivity index (χ1) is 9.06. The molecule has 0 saturated heterocycles. The van der Waals surface area contributed by atoms with Crippen LogP contribution < -0.4 is 0 Å². The molecular weight excluding hydrogens is 328 g/mol. The van der Waals surface area contributed by atoms with Crippen LogP contribution in [0, 0.1) is 0 Å². The van der Waals surface area contributed by atoms with Crippen LogP contribution in [0.15, 0.2) is 21.9 Å². The molecule has 2 rings (SSSR count). The zero-order chi connectivity index (χ0) is 13.8. The summed E-state index contributed by atoms with van der Waals surface area (Å²) in [5, 5.41) is 0.845. The Hall–Kier alpha value is -1.08. The lowest BCUT2D eigenvalue weighted by Gasteiger charge is -2.08. The van der Waals surface area contributed by atoms with Crippen LogP contribution in [0.2, 0.25) is 0 Å². The van der Waals surface area contributed by atoms with E-state index in [1.807, 2.05) is 6.07 Å². The first kappa shape index (κ1) is 14.3. The van der Waals surface area contributed by atoms with Crippen LogP contribution in [0.5, 0.6) is 0 Å². The van der Waals surface area contributed by atoms with Crippen LogP contribution in [-0.4, -0.2) is 45.6 Å². The van der Waals surface area contributed by atoms with E-state index < -0.39 is 0 Å². The van der Waals surface area contributed by atoms with Gasteiger partial charge in [-0.05, 0) is 28.4 Å². The molecule has 1 N–H and O–H groups in total. The summed E-state index contributed by atoms with van der Waals surface area (Å²) in [5.41, 5.74) is 1.64. The van der Waals surface area contributed by atoms with Crippen molar-refractivity contribution in [2.45, 2.75) is 18.0 Å². The second-order valence-corrected chi connectivity index (χ2v) is 6.31. The second-order valence-electron chi connectivity index (χ2n) is 4.31. The molecule has 0 saturated carbocycles. The molecule has 2 aromatic heterocycles. The van der Waals surface area contributed by atoms with E-state index in [4.69, 9.17) is 0 Å². The number of amides is 1. The Labute approximate surface area is 124 Å². The number of rotatable bonds is 5. The van der Waals surface area contributed by atoms with Crippen molar-refractivity contribution in [1.29, 1.82) is 0 Å². The largest absolute Gasteiger partial charge is 0.349 e. The Morgan fingerprint density at radius 3 is 3.05 bits per heavy atom. The van der Waals surface area contributed by atoms with Crippen molar-refractivity contribution in [2.24, 2.45) is 0 Å². The van der Waals surface area contributed by atoms with E-state index >= 15 is 0 Å². The van der Waals surface area contributed by atoms with Crippen LogP contribution in [0.1, 0.15) is 12.8 Å². The van der Waals surface area contributed by atoms with E-state index in [1.165, 1.54) is 0 Å². The summed E-state index contributed by atoms with van der Waals surface area (Å²) in [4.78, 5) is 24.8. The molecular formula is C12H15BrN4OS.